The molecule has 0 bridgehead atoms. The first-order valence-electron chi connectivity index (χ1n) is 8.24. The van der Waals surface area contributed by atoms with Gasteiger partial charge in [-0.15, -0.1) is 0 Å². The number of aryl methyl sites for hydroxylation is 1. The van der Waals surface area contributed by atoms with Crippen molar-refractivity contribution < 1.29 is 14.7 Å². The molecule has 3 aliphatic rings. The number of nitrogens with one attached hydrogen (secondary N) is 1. The number of likely N-dealkylation sites (tertiary alicyclic amines) is 1. The van der Waals surface area contributed by atoms with Gasteiger partial charge in [-0.3, -0.25) is 4.79 Å². The molecule has 1 aromatic heterocycles. The highest BCUT2D eigenvalue weighted by Crippen LogP contribution is 2.48. The number of aliphatic carboxylic acids is 1. The van der Waals surface area contributed by atoms with E-state index >= 15 is 0 Å². The van der Waals surface area contributed by atoms with Gasteiger partial charge in [-0.25, -0.2) is 14.5 Å². The molecule has 3 atom stereocenters. The van der Waals surface area contributed by atoms with Crippen LogP contribution < -0.4 is 5.32 Å². The standard InChI is InChI=1S/C15H21N5O3/c21-13(22)15-5-1-2-10(15)6-19(8-15)14(23)18-11-3-4-12-16-9-17-20(12)7-11/h9-11H,1-8H2,(H,18,23)(H,21,22)/t10-,11?,15+/m0/s1. The highest BCUT2D eigenvalue weighted by molar-refractivity contribution is 5.80. The van der Waals surface area contributed by atoms with Gasteiger partial charge in [0.25, 0.3) is 0 Å². The Labute approximate surface area is 133 Å². The Hall–Kier alpha value is -2.12. The lowest BCUT2D eigenvalue weighted by molar-refractivity contribution is -0.149. The second-order valence-corrected chi connectivity index (χ2v) is 6.97. The van der Waals surface area contributed by atoms with Crippen LogP contribution in [0.2, 0.25) is 0 Å². The zero-order valence-electron chi connectivity index (χ0n) is 12.9. The summed E-state index contributed by atoms with van der Waals surface area (Å²) >= 11 is 0. The van der Waals surface area contributed by atoms with Crippen LogP contribution in [-0.2, 0) is 17.8 Å². The molecule has 8 heteroatoms. The van der Waals surface area contributed by atoms with Crippen LogP contribution in [0.4, 0.5) is 4.79 Å². The number of rotatable bonds is 2. The molecule has 3 heterocycles. The van der Waals surface area contributed by atoms with Gasteiger partial charge in [0.15, 0.2) is 0 Å². The Kier molecular flexibility index (Phi) is 3.28. The van der Waals surface area contributed by atoms with E-state index < -0.39 is 11.4 Å². The van der Waals surface area contributed by atoms with Crippen LogP contribution in [0.5, 0.6) is 0 Å². The number of carboxylic acids is 1. The van der Waals surface area contributed by atoms with Crippen LogP contribution in [0.25, 0.3) is 0 Å². The molecule has 0 radical (unpaired) electrons. The second-order valence-electron chi connectivity index (χ2n) is 6.97. The molecule has 1 saturated carbocycles. The second kappa shape index (κ2) is 5.21. The number of hydrogen-bond donors (Lipinski definition) is 2. The highest BCUT2D eigenvalue weighted by atomic mass is 16.4. The van der Waals surface area contributed by atoms with E-state index in [1.807, 2.05) is 4.68 Å². The van der Waals surface area contributed by atoms with Crippen LogP contribution in [0.15, 0.2) is 6.33 Å². The summed E-state index contributed by atoms with van der Waals surface area (Å²) in [5, 5.41) is 16.8. The minimum atomic E-state index is -0.750. The Bertz CT molecular complexity index is 645. The highest BCUT2D eigenvalue weighted by Gasteiger charge is 2.55. The number of carbonyl (C=O) groups is 2. The lowest BCUT2D eigenvalue weighted by Gasteiger charge is -2.27. The van der Waals surface area contributed by atoms with Crippen molar-refractivity contribution in [2.45, 2.75) is 44.7 Å². The van der Waals surface area contributed by atoms with Gasteiger partial charge in [-0.1, -0.05) is 6.42 Å². The number of carbonyl (C=O) groups excluding carboxylic acids is 1. The minimum Gasteiger partial charge on any atom is -0.481 e. The van der Waals surface area contributed by atoms with Crippen molar-refractivity contribution in [3.63, 3.8) is 0 Å². The van der Waals surface area contributed by atoms with Crippen molar-refractivity contribution in [3.8, 4) is 0 Å². The Morgan fingerprint density at radius 3 is 3.00 bits per heavy atom. The van der Waals surface area contributed by atoms with Crippen molar-refractivity contribution in [3.05, 3.63) is 12.2 Å². The van der Waals surface area contributed by atoms with Crippen LogP contribution in [0, 0.1) is 11.3 Å². The third kappa shape index (κ3) is 2.27. The molecule has 4 rings (SSSR count). The smallest absolute Gasteiger partial charge is 0.317 e. The first-order valence-corrected chi connectivity index (χ1v) is 8.24. The lowest BCUT2D eigenvalue weighted by atomic mass is 9.81. The summed E-state index contributed by atoms with van der Waals surface area (Å²) in [4.78, 5) is 30.1. The third-order valence-electron chi connectivity index (χ3n) is 5.72. The molecule has 124 valence electrons. The summed E-state index contributed by atoms with van der Waals surface area (Å²) in [6.07, 6.45) is 5.71. The molecule has 23 heavy (non-hydrogen) atoms. The minimum absolute atomic E-state index is 0.0259. The van der Waals surface area contributed by atoms with Crippen molar-refractivity contribution in [1.29, 1.82) is 0 Å². The van der Waals surface area contributed by atoms with E-state index in [-0.39, 0.29) is 18.0 Å². The maximum absolute atomic E-state index is 12.5. The van der Waals surface area contributed by atoms with Crippen LogP contribution in [-0.4, -0.2) is 55.9 Å². The molecule has 2 fully saturated rings. The fourth-order valence-electron chi connectivity index (χ4n) is 4.41. The predicted molar refractivity (Wildman–Crippen MR) is 79.6 cm³/mol. The van der Waals surface area contributed by atoms with Gasteiger partial charge < -0.3 is 15.3 Å². The molecule has 8 nitrogen and oxygen atoms in total. The maximum Gasteiger partial charge on any atom is 0.317 e. The van der Waals surface area contributed by atoms with Gasteiger partial charge in [-0.05, 0) is 25.2 Å². The monoisotopic (exact) mass is 319 g/mol. The van der Waals surface area contributed by atoms with Gasteiger partial charge in [-0.2, -0.15) is 5.10 Å². The molecule has 1 aliphatic carbocycles. The summed E-state index contributed by atoms with van der Waals surface area (Å²) in [7, 11) is 0. The van der Waals surface area contributed by atoms with Crippen molar-refractivity contribution in [2.75, 3.05) is 13.1 Å². The number of aromatic nitrogens is 3. The van der Waals surface area contributed by atoms with E-state index in [4.69, 9.17) is 0 Å². The zero-order chi connectivity index (χ0) is 16.0. The first-order chi connectivity index (χ1) is 11.1. The molecule has 1 unspecified atom stereocenters. The van der Waals surface area contributed by atoms with Crippen LogP contribution in [0.3, 0.4) is 0 Å². The fraction of sp³-hybridized carbons (Fsp3) is 0.733. The SMILES string of the molecule is O=C(NC1CCc2ncnn2C1)N1C[C@@H]2CCC[C@@]2(C(=O)O)C1. The molecular formula is C15H21N5O3. The fourth-order valence-corrected chi connectivity index (χ4v) is 4.41. The number of hydrogen-bond acceptors (Lipinski definition) is 4. The summed E-state index contributed by atoms with van der Waals surface area (Å²) in [6.45, 7) is 1.52. The van der Waals surface area contributed by atoms with E-state index in [0.29, 0.717) is 26.1 Å². The Morgan fingerprint density at radius 2 is 2.22 bits per heavy atom. The summed E-state index contributed by atoms with van der Waals surface area (Å²) < 4.78 is 1.83. The zero-order valence-corrected chi connectivity index (χ0v) is 12.9. The number of amides is 2. The van der Waals surface area contributed by atoms with E-state index in [1.165, 1.54) is 6.33 Å². The molecule has 2 N–H and O–H groups in total. The third-order valence-corrected chi connectivity index (χ3v) is 5.72. The lowest BCUT2D eigenvalue weighted by Crippen LogP contribution is -2.48. The maximum atomic E-state index is 12.5. The van der Waals surface area contributed by atoms with Crippen LogP contribution in [0.1, 0.15) is 31.5 Å². The summed E-state index contributed by atoms with van der Waals surface area (Å²) in [6, 6.07) is -0.119. The van der Waals surface area contributed by atoms with Gasteiger partial charge in [0, 0.05) is 19.5 Å². The number of urea groups is 1. The summed E-state index contributed by atoms with van der Waals surface area (Å²) in [5.74, 6) is 0.301. The molecular weight excluding hydrogens is 298 g/mol. The normalized spacial score (nSPS) is 32.4. The predicted octanol–water partition coefficient (Wildman–Crippen LogP) is 0.489. The van der Waals surface area contributed by atoms with Crippen molar-refractivity contribution >= 4 is 12.0 Å². The van der Waals surface area contributed by atoms with Crippen molar-refractivity contribution in [1.82, 2.24) is 25.0 Å². The molecule has 0 spiro atoms. The molecule has 2 amide bonds. The van der Waals surface area contributed by atoms with Crippen LogP contribution >= 0.6 is 0 Å². The average Bonchev–Trinajstić information content (AvgIpc) is 3.20. The van der Waals surface area contributed by atoms with Gasteiger partial charge in [0.05, 0.1) is 18.0 Å². The largest absolute Gasteiger partial charge is 0.481 e. The summed E-state index contributed by atoms with van der Waals surface area (Å²) in [5.41, 5.74) is -0.719. The molecule has 2 aliphatic heterocycles. The number of fused-ring (bicyclic) bond motifs is 2. The molecule has 1 aromatic rings. The van der Waals surface area contributed by atoms with E-state index in [9.17, 15) is 14.7 Å². The number of nitrogens with zero attached hydrogens (tertiary/aromatic N) is 4. The molecule has 0 aromatic carbocycles. The van der Waals surface area contributed by atoms with Crippen molar-refractivity contribution in [2.24, 2.45) is 11.3 Å². The van der Waals surface area contributed by atoms with E-state index in [0.717, 1.165) is 31.5 Å². The van der Waals surface area contributed by atoms with Gasteiger partial charge >= 0.3 is 12.0 Å². The Morgan fingerprint density at radius 1 is 1.35 bits per heavy atom. The quantitative estimate of drug-likeness (QED) is 0.826. The van der Waals surface area contributed by atoms with E-state index in [2.05, 4.69) is 15.4 Å². The van der Waals surface area contributed by atoms with Gasteiger partial charge in [0.2, 0.25) is 0 Å². The Balaban J connectivity index is 1.40. The average molecular weight is 319 g/mol. The first kappa shape index (κ1) is 14.5. The van der Waals surface area contributed by atoms with Gasteiger partial charge in [0.1, 0.15) is 12.2 Å². The number of carboxylic acid groups (broad SMARTS) is 1. The topological polar surface area (TPSA) is 100 Å². The van der Waals surface area contributed by atoms with E-state index in [1.54, 1.807) is 4.90 Å². The molecule has 1 saturated heterocycles.